The molecule has 1 aromatic rings. The second-order valence-electron chi connectivity index (χ2n) is 4.80. The third kappa shape index (κ3) is 4.77. The van der Waals surface area contributed by atoms with Gasteiger partial charge in [0.05, 0.1) is 4.90 Å². The quantitative estimate of drug-likeness (QED) is 0.564. The van der Waals surface area contributed by atoms with Crippen molar-refractivity contribution in [1.29, 1.82) is 0 Å². The van der Waals surface area contributed by atoms with Crippen LogP contribution in [0.15, 0.2) is 23.1 Å². The number of sulfonamides is 1. The molecule has 6 heteroatoms. The third-order valence-corrected chi connectivity index (χ3v) is 4.95. The molecule has 114 valence electrons. The highest BCUT2D eigenvalue weighted by Crippen LogP contribution is 2.17. The Morgan fingerprint density at radius 3 is 2.45 bits per heavy atom. The minimum Gasteiger partial charge on any atom is -0.399 e. The number of anilines is 1. The first-order valence-corrected chi connectivity index (χ1v) is 8.47. The second kappa shape index (κ2) is 7.61. The van der Waals surface area contributed by atoms with E-state index in [1.165, 1.54) is 0 Å². The molecule has 0 heterocycles. The van der Waals surface area contributed by atoms with E-state index in [2.05, 4.69) is 23.5 Å². The lowest BCUT2D eigenvalue weighted by Crippen LogP contribution is -2.30. The Balaban J connectivity index is 2.58. The predicted octanol–water partition coefficient (Wildman–Crippen LogP) is 1.59. The first kappa shape index (κ1) is 16.9. The first-order valence-electron chi connectivity index (χ1n) is 6.98. The Morgan fingerprint density at radius 2 is 1.90 bits per heavy atom. The molecule has 5 nitrogen and oxygen atoms in total. The molecule has 0 atom stereocenters. The summed E-state index contributed by atoms with van der Waals surface area (Å²) in [5.74, 6) is 0. The zero-order valence-electron chi connectivity index (χ0n) is 12.5. The highest BCUT2D eigenvalue weighted by atomic mass is 32.2. The molecule has 0 aliphatic rings. The van der Waals surface area contributed by atoms with Crippen LogP contribution in [0.1, 0.15) is 25.8 Å². The third-order valence-electron chi connectivity index (χ3n) is 3.33. The molecular weight excluding hydrogens is 274 g/mol. The van der Waals surface area contributed by atoms with E-state index in [1.54, 1.807) is 25.1 Å². The fraction of sp³-hybridized carbons (Fsp3) is 0.571. The van der Waals surface area contributed by atoms with Crippen LogP contribution in [0.4, 0.5) is 5.69 Å². The van der Waals surface area contributed by atoms with Gasteiger partial charge in [-0.1, -0.05) is 13.8 Å². The van der Waals surface area contributed by atoms with Gasteiger partial charge in [-0.05, 0) is 56.7 Å². The molecule has 0 bridgehead atoms. The average Bonchev–Trinajstić information content (AvgIpc) is 2.38. The smallest absolute Gasteiger partial charge is 0.240 e. The Kier molecular flexibility index (Phi) is 6.45. The molecule has 0 fully saturated rings. The van der Waals surface area contributed by atoms with Gasteiger partial charge in [0.15, 0.2) is 0 Å². The van der Waals surface area contributed by atoms with Gasteiger partial charge in [-0.15, -0.1) is 0 Å². The number of hydrogen-bond donors (Lipinski definition) is 2. The van der Waals surface area contributed by atoms with Gasteiger partial charge >= 0.3 is 0 Å². The van der Waals surface area contributed by atoms with Gasteiger partial charge in [0.25, 0.3) is 0 Å². The monoisotopic (exact) mass is 299 g/mol. The average molecular weight is 299 g/mol. The number of nitrogens with zero attached hydrogens (tertiary/aromatic N) is 1. The minimum absolute atomic E-state index is 0.300. The largest absolute Gasteiger partial charge is 0.399 e. The van der Waals surface area contributed by atoms with Crippen LogP contribution in [0.2, 0.25) is 0 Å². The van der Waals surface area contributed by atoms with Crippen molar-refractivity contribution in [2.75, 3.05) is 31.9 Å². The lowest BCUT2D eigenvalue weighted by atomic mass is 10.2. The van der Waals surface area contributed by atoms with Crippen molar-refractivity contribution in [2.45, 2.75) is 32.1 Å². The zero-order chi connectivity index (χ0) is 15.2. The molecule has 0 saturated heterocycles. The van der Waals surface area contributed by atoms with Crippen molar-refractivity contribution >= 4 is 15.7 Å². The maximum atomic E-state index is 12.2. The van der Waals surface area contributed by atoms with Crippen LogP contribution >= 0.6 is 0 Å². The van der Waals surface area contributed by atoms with Crippen molar-refractivity contribution in [2.24, 2.45) is 0 Å². The summed E-state index contributed by atoms with van der Waals surface area (Å²) in [6.45, 7) is 9.27. The fourth-order valence-corrected chi connectivity index (χ4v) is 3.40. The number of hydrogen-bond acceptors (Lipinski definition) is 4. The van der Waals surface area contributed by atoms with E-state index >= 15 is 0 Å². The Bertz CT molecular complexity index is 525. The van der Waals surface area contributed by atoms with Crippen LogP contribution in [0.5, 0.6) is 0 Å². The van der Waals surface area contributed by atoms with Crippen LogP contribution < -0.4 is 10.5 Å². The number of nitrogens with two attached hydrogens (primary N) is 1. The summed E-state index contributed by atoms with van der Waals surface area (Å²) in [7, 11) is -3.44. The van der Waals surface area contributed by atoms with E-state index in [0.717, 1.165) is 26.1 Å². The first-order chi connectivity index (χ1) is 9.40. The summed E-state index contributed by atoms with van der Waals surface area (Å²) in [6, 6.07) is 4.83. The summed E-state index contributed by atoms with van der Waals surface area (Å²) >= 11 is 0. The minimum atomic E-state index is -3.44. The Labute approximate surface area is 122 Å². The van der Waals surface area contributed by atoms with Gasteiger partial charge in [-0.25, -0.2) is 13.1 Å². The molecule has 0 aliphatic carbocycles. The molecule has 0 spiro atoms. The van der Waals surface area contributed by atoms with Crippen molar-refractivity contribution in [1.82, 2.24) is 9.62 Å². The highest BCUT2D eigenvalue weighted by Gasteiger charge is 2.16. The lowest BCUT2D eigenvalue weighted by molar-refractivity contribution is 0.300. The molecule has 1 aromatic carbocycles. The van der Waals surface area contributed by atoms with E-state index < -0.39 is 10.0 Å². The fourth-order valence-electron chi connectivity index (χ4n) is 2.10. The Morgan fingerprint density at radius 1 is 1.25 bits per heavy atom. The zero-order valence-corrected chi connectivity index (χ0v) is 13.3. The molecule has 3 N–H and O–H groups in total. The summed E-state index contributed by atoms with van der Waals surface area (Å²) in [5, 5.41) is 0. The van der Waals surface area contributed by atoms with Crippen molar-refractivity contribution in [3.8, 4) is 0 Å². The molecule has 20 heavy (non-hydrogen) atoms. The summed E-state index contributed by atoms with van der Waals surface area (Å²) in [4.78, 5) is 2.57. The van der Waals surface area contributed by atoms with Crippen LogP contribution in [-0.2, 0) is 10.0 Å². The maximum absolute atomic E-state index is 12.2. The standard InChI is InChI=1S/C14H25N3O2S/c1-4-17(5-2)10-6-9-16-20(18,19)14-8-7-13(15)11-12(14)3/h7-8,11,16H,4-6,9-10,15H2,1-3H3. The van der Waals surface area contributed by atoms with Gasteiger partial charge in [0.2, 0.25) is 10.0 Å². The van der Waals surface area contributed by atoms with Crippen LogP contribution in [0, 0.1) is 6.92 Å². The Hall–Kier alpha value is -1.11. The van der Waals surface area contributed by atoms with E-state index in [1.807, 2.05) is 0 Å². The van der Waals surface area contributed by atoms with E-state index in [4.69, 9.17) is 5.73 Å². The van der Waals surface area contributed by atoms with Crippen molar-refractivity contribution in [3.05, 3.63) is 23.8 Å². The second-order valence-corrected chi connectivity index (χ2v) is 6.54. The molecule has 0 aromatic heterocycles. The van der Waals surface area contributed by atoms with E-state index in [0.29, 0.717) is 22.7 Å². The van der Waals surface area contributed by atoms with Gasteiger partial charge < -0.3 is 10.6 Å². The molecule has 0 saturated carbocycles. The molecule has 0 aliphatic heterocycles. The summed E-state index contributed by atoms with van der Waals surface area (Å²) in [5.41, 5.74) is 6.88. The lowest BCUT2D eigenvalue weighted by Gasteiger charge is -2.17. The SMILES string of the molecule is CCN(CC)CCCNS(=O)(=O)c1ccc(N)cc1C. The van der Waals surface area contributed by atoms with E-state index in [-0.39, 0.29) is 0 Å². The topological polar surface area (TPSA) is 75.4 Å². The van der Waals surface area contributed by atoms with Crippen molar-refractivity contribution < 1.29 is 8.42 Å². The van der Waals surface area contributed by atoms with Gasteiger partial charge in [0.1, 0.15) is 0 Å². The molecule has 0 unspecified atom stereocenters. The molecule has 0 radical (unpaired) electrons. The summed E-state index contributed by atoms with van der Waals surface area (Å²) < 4.78 is 27.0. The van der Waals surface area contributed by atoms with Gasteiger partial charge in [0, 0.05) is 12.2 Å². The predicted molar refractivity (Wildman–Crippen MR) is 83.2 cm³/mol. The van der Waals surface area contributed by atoms with Gasteiger partial charge in [-0.2, -0.15) is 0 Å². The number of rotatable bonds is 8. The summed E-state index contributed by atoms with van der Waals surface area (Å²) in [6.07, 6.45) is 0.801. The molecule has 1 rings (SSSR count). The number of nitrogens with one attached hydrogen (secondary N) is 1. The van der Waals surface area contributed by atoms with Crippen LogP contribution in [0.3, 0.4) is 0 Å². The molecule has 0 amide bonds. The van der Waals surface area contributed by atoms with E-state index in [9.17, 15) is 8.42 Å². The highest BCUT2D eigenvalue weighted by molar-refractivity contribution is 7.89. The number of aryl methyl sites for hydroxylation is 1. The normalized spacial score (nSPS) is 12.0. The van der Waals surface area contributed by atoms with Gasteiger partial charge in [-0.3, -0.25) is 0 Å². The molecular formula is C14H25N3O2S. The number of benzene rings is 1. The van der Waals surface area contributed by atoms with Crippen LogP contribution in [0.25, 0.3) is 0 Å². The maximum Gasteiger partial charge on any atom is 0.240 e. The van der Waals surface area contributed by atoms with Crippen molar-refractivity contribution in [3.63, 3.8) is 0 Å². The van der Waals surface area contributed by atoms with Crippen LogP contribution in [-0.4, -0.2) is 39.5 Å². The number of nitrogen functional groups attached to an aromatic ring is 1.